The van der Waals surface area contributed by atoms with Crippen LogP contribution in [-0.4, -0.2) is 35.6 Å². The molecule has 0 heterocycles. The van der Waals surface area contributed by atoms with Crippen LogP contribution in [0.15, 0.2) is 24.3 Å². The zero-order valence-electron chi connectivity index (χ0n) is 10.4. The highest BCUT2D eigenvalue weighted by Crippen LogP contribution is 2.35. The Balaban J connectivity index is 1.94. The molecule has 92 valence electrons. The van der Waals surface area contributed by atoms with Gasteiger partial charge in [-0.1, -0.05) is 24.3 Å². The minimum absolute atomic E-state index is 0.0326. The smallest absolute Gasteiger partial charge is 0.230 e. The average Bonchev–Trinajstić information content (AvgIpc) is 2.27. The van der Waals surface area contributed by atoms with Gasteiger partial charge in [-0.05, 0) is 30.9 Å². The molecule has 0 aromatic heterocycles. The number of hydrogen-bond acceptors (Lipinski definition) is 2. The van der Waals surface area contributed by atoms with E-state index < -0.39 is 0 Å². The summed E-state index contributed by atoms with van der Waals surface area (Å²) in [6.07, 6.45) is 1.14. The monoisotopic (exact) mass is 233 g/mol. The topological polar surface area (TPSA) is 40.5 Å². The molecule has 0 saturated carbocycles. The fourth-order valence-corrected chi connectivity index (χ4v) is 2.24. The number of nitrogens with zero attached hydrogens (tertiary/aromatic N) is 1. The lowest BCUT2D eigenvalue weighted by atomic mass is 9.77. The van der Waals surface area contributed by atoms with E-state index in [0.717, 1.165) is 6.42 Å². The lowest BCUT2D eigenvalue weighted by Crippen LogP contribution is -2.38. The minimum Gasteiger partial charge on any atom is -0.393 e. The molecule has 0 aliphatic heterocycles. The first-order chi connectivity index (χ1) is 8.09. The summed E-state index contributed by atoms with van der Waals surface area (Å²) in [4.78, 5) is 13.9. The summed E-state index contributed by atoms with van der Waals surface area (Å²) >= 11 is 0. The van der Waals surface area contributed by atoms with Crippen LogP contribution in [0.1, 0.15) is 30.4 Å². The predicted molar refractivity (Wildman–Crippen MR) is 66.8 cm³/mol. The molecule has 1 amide bonds. The molecule has 0 fully saturated rings. The van der Waals surface area contributed by atoms with E-state index in [-0.39, 0.29) is 17.9 Å². The summed E-state index contributed by atoms with van der Waals surface area (Å²) in [6, 6.07) is 8.10. The maximum Gasteiger partial charge on any atom is 0.230 e. The van der Waals surface area contributed by atoms with Crippen LogP contribution >= 0.6 is 0 Å². The second-order valence-electron chi connectivity index (χ2n) is 4.85. The van der Waals surface area contributed by atoms with Crippen LogP contribution in [0.3, 0.4) is 0 Å². The van der Waals surface area contributed by atoms with E-state index in [4.69, 9.17) is 0 Å². The van der Waals surface area contributed by atoms with Gasteiger partial charge in [-0.3, -0.25) is 4.79 Å². The molecule has 1 aliphatic carbocycles. The van der Waals surface area contributed by atoms with Crippen LogP contribution in [0.25, 0.3) is 0 Å². The van der Waals surface area contributed by atoms with Gasteiger partial charge in [0.1, 0.15) is 0 Å². The van der Waals surface area contributed by atoms with Crippen molar-refractivity contribution in [2.45, 2.75) is 31.8 Å². The number of carbonyl (C=O) groups excluding carboxylic acids is 1. The first-order valence-electron chi connectivity index (χ1n) is 6.10. The Morgan fingerprint density at radius 2 is 2.24 bits per heavy atom. The van der Waals surface area contributed by atoms with Gasteiger partial charge in [-0.2, -0.15) is 0 Å². The van der Waals surface area contributed by atoms with Crippen molar-refractivity contribution >= 4 is 5.91 Å². The first-order valence-corrected chi connectivity index (χ1v) is 6.10. The van der Waals surface area contributed by atoms with Crippen LogP contribution in [-0.2, 0) is 11.2 Å². The van der Waals surface area contributed by atoms with Gasteiger partial charge in [0, 0.05) is 13.6 Å². The largest absolute Gasteiger partial charge is 0.393 e. The number of aliphatic hydroxyl groups is 1. The molecule has 0 radical (unpaired) electrons. The molecule has 1 aromatic carbocycles. The van der Waals surface area contributed by atoms with E-state index in [0.29, 0.717) is 13.0 Å². The quantitative estimate of drug-likeness (QED) is 0.857. The van der Waals surface area contributed by atoms with Gasteiger partial charge >= 0.3 is 0 Å². The number of rotatable bonds is 4. The van der Waals surface area contributed by atoms with Gasteiger partial charge in [0.2, 0.25) is 5.91 Å². The molecule has 1 N–H and O–H groups in total. The third-order valence-electron chi connectivity index (χ3n) is 3.41. The second kappa shape index (κ2) is 4.88. The van der Waals surface area contributed by atoms with Crippen molar-refractivity contribution in [2.24, 2.45) is 0 Å². The Labute approximate surface area is 102 Å². The van der Waals surface area contributed by atoms with E-state index in [1.807, 2.05) is 25.2 Å². The number of amides is 1. The molecule has 2 atom stereocenters. The van der Waals surface area contributed by atoms with E-state index in [1.165, 1.54) is 11.1 Å². The fraction of sp³-hybridized carbons (Fsp3) is 0.500. The standard InChI is InChI=1S/C14H19NO2/c1-10(16)7-8-15(2)14(17)13-9-11-5-3-4-6-12(11)13/h3-6,10,13,16H,7-9H2,1-2H3. The highest BCUT2D eigenvalue weighted by Gasteiger charge is 2.33. The van der Waals surface area contributed by atoms with E-state index in [9.17, 15) is 9.90 Å². The highest BCUT2D eigenvalue weighted by molar-refractivity contribution is 5.86. The normalized spacial score (nSPS) is 19.1. The van der Waals surface area contributed by atoms with Gasteiger partial charge in [-0.15, -0.1) is 0 Å². The van der Waals surface area contributed by atoms with Crippen LogP contribution < -0.4 is 0 Å². The van der Waals surface area contributed by atoms with Crippen molar-refractivity contribution in [3.8, 4) is 0 Å². The number of likely N-dealkylation sites (N-methyl/N-ethyl adjacent to an activating group) is 1. The Morgan fingerprint density at radius 1 is 1.53 bits per heavy atom. The summed E-state index contributed by atoms with van der Waals surface area (Å²) in [5, 5.41) is 9.21. The summed E-state index contributed by atoms with van der Waals surface area (Å²) in [6.45, 7) is 2.37. The molecule has 0 spiro atoms. The molecular formula is C14H19NO2. The number of aliphatic hydroxyl groups excluding tert-OH is 1. The Morgan fingerprint density at radius 3 is 2.88 bits per heavy atom. The van der Waals surface area contributed by atoms with Gasteiger partial charge in [-0.25, -0.2) is 0 Å². The highest BCUT2D eigenvalue weighted by atomic mass is 16.3. The fourth-order valence-electron chi connectivity index (χ4n) is 2.24. The molecule has 1 aliphatic rings. The van der Waals surface area contributed by atoms with Gasteiger partial charge in [0.25, 0.3) is 0 Å². The third-order valence-corrected chi connectivity index (χ3v) is 3.41. The maximum absolute atomic E-state index is 12.1. The zero-order valence-corrected chi connectivity index (χ0v) is 10.4. The van der Waals surface area contributed by atoms with E-state index in [1.54, 1.807) is 11.8 Å². The third kappa shape index (κ3) is 2.50. The lowest BCUT2D eigenvalue weighted by molar-refractivity contribution is -0.132. The number of benzene rings is 1. The molecule has 1 aromatic rings. The summed E-state index contributed by atoms with van der Waals surface area (Å²) in [5.74, 6) is 0.203. The summed E-state index contributed by atoms with van der Waals surface area (Å²) in [5.41, 5.74) is 2.45. The van der Waals surface area contributed by atoms with Gasteiger partial charge in [0.05, 0.1) is 12.0 Å². The van der Waals surface area contributed by atoms with Gasteiger partial charge < -0.3 is 10.0 Å². The van der Waals surface area contributed by atoms with Crippen molar-refractivity contribution in [1.29, 1.82) is 0 Å². The van der Waals surface area contributed by atoms with Crippen molar-refractivity contribution < 1.29 is 9.90 Å². The molecule has 17 heavy (non-hydrogen) atoms. The summed E-state index contributed by atoms with van der Waals surface area (Å²) < 4.78 is 0. The lowest BCUT2D eigenvalue weighted by Gasteiger charge is -2.32. The van der Waals surface area contributed by atoms with E-state index in [2.05, 4.69) is 6.07 Å². The van der Waals surface area contributed by atoms with E-state index >= 15 is 0 Å². The van der Waals surface area contributed by atoms with Crippen LogP contribution in [0, 0.1) is 0 Å². The SMILES string of the molecule is CC(O)CCN(C)C(=O)C1Cc2ccccc21. The first kappa shape index (κ1) is 12.1. The number of hydrogen-bond donors (Lipinski definition) is 1. The molecule has 3 nitrogen and oxygen atoms in total. The number of carbonyl (C=O) groups is 1. The molecular weight excluding hydrogens is 214 g/mol. The maximum atomic E-state index is 12.1. The van der Waals surface area contributed by atoms with Crippen LogP contribution in [0.4, 0.5) is 0 Å². The molecule has 2 unspecified atom stereocenters. The number of fused-ring (bicyclic) bond motifs is 1. The van der Waals surface area contributed by atoms with Crippen molar-refractivity contribution in [1.82, 2.24) is 4.90 Å². The Kier molecular flexibility index (Phi) is 3.48. The predicted octanol–water partition coefficient (Wildman–Crippen LogP) is 1.56. The summed E-state index contributed by atoms with van der Waals surface area (Å²) in [7, 11) is 1.81. The zero-order chi connectivity index (χ0) is 12.4. The van der Waals surface area contributed by atoms with Crippen molar-refractivity contribution in [3.63, 3.8) is 0 Å². The second-order valence-corrected chi connectivity index (χ2v) is 4.85. The minimum atomic E-state index is -0.348. The molecule has 0 bridgehead atoms. The molecule has 0 saturated heterocycles. The van der Waals surface area contributed by atoms with Gasteiger partial charge in [0.15, 0.2) is 0 Å². The molecule has 2 rings (SSSR count). The Hall–Kier alpha value is -1.35. The van der Waals surface area contributed by atoms with Crippen LogP contribution in [0.5, 0.6) is 0 Å². The van der Waals surface area contributed by atoms with Crippen LogP contribution in [0.2, 0.25) is 0 Å². The van der Waals surface area contributed by atoms with Crippen molar-refractivity contribution in [2.75, 3.05) is 13.6 Å². The average molecular weight is 233 g/mol. The molecule has 3 heteroatoms. The Bertz CT molecular complexity index is 414. The van der Waals surface area contributed by atoms with Crippen molar-refractivity contribution in [3.05, 3.63) is 35.4 Å².